The van der Waals surface area contributed by atoms with Gasteiger partial charge in [0.1, 0.15) is 0 Å². The lowest BCUT2D eigenvalue weighted by Crippen LogP contribution is -3.22. The van der Waals surface area contributed by atoms with Crippen molar-refractivity contribution in [3.8, 4) is 11.5 Å². The van der Waals surface area contributed by atoms with Gasteiger partial charge in [-0.15, -0.1) is 0 Å². The number of hydrogen-bond acceptors (Lipinski definition) is 14. The summed E-state index contributed by atoms with van der Waals surface area (Å²) < 4.78 is 0. The molecule has 22 nitrogen and oxygen atoms in total. The number of nitrogens with zero attached hydrogens (tertiary/aromatic N) is 6. The Hall–Kier alpha value is -5.64. The lowest BCUT2D eigenvalue weighted by Gasteiger charge is -2.16. The Morgan fingerprint density at radius 2 is 0.923 bits per heavy atom. The van der Waals surface area contributed by atoms with Gasteiger partial charge in [-0.05, 0) is 0 Å². The normalized spacial score (nSPS) is 13.9. The molecule has 1 atom stereocenters. The molecule has 0 aliphatic carbocycles. The number of rotatable bonds is 6. The minimum absolute atomic E-state index is 0.384. The summed E-state index contributed by atoms with van der Waals surface area (Å²) in [6.45, 7) is 3.99. The minimum Gasteiger partial charge on any atom is -0.863 e. The van der Waals surface area contributed by atoms with Crippen LogP contribution in [0.3, 0.4) is 0 Å². The first-order valence-corrected chi connectivity index (χ1v) is 10.3. The molecule has 0 spiro atoms. The molecule has 22 heteroatoms. The van der Waals surface area contributed by atoms with Gasteiger partial charge < -0.3 is 10.2 Å². The predicted molar refractivity (Wildman–Crippen MR) is 120 cm³/mol. The van der Waals surface area contributed by atoms with Crippen molar-refractivity contribution in [2.24, 2.45) is 0 Å². The Labute approximate surface area is 214 Å². The van der Waals surface area contributed by atoms with Crippen molar-refractivity contribution < 1.29 is 50.0 Å². The number of nitro groups is 6. The van der Waals surface area contributed by atoms with Gasteiger partial charge in [0.2, 0.25) is 6.67 Å². The Morgan fingerprint density at radius 3 is 1.08 bits per heavy atom. The molecule has 1 aliphatic heterocycles. The molecule has 0 amide bonds. The number of nitrogens with one attached hydrogen (secondary N) is 1. The van der Waals surface area contributed by atoms with E-state index in [0.717, 1.165) is 0 Å². The first-order valence-electron chi connectivity index (χ1n) is 10.3. The number of nitrogens with two attached hydrogens (primary N) is 1. The van der Waals surface area contributed by atoms with Crippen LogP contribution >= 0.6 is 0 Å². The van der Waals surface area contributed by atoms with Crippen molar-refractivity contribution in [3.63, 3.8) is 0 Å². The van der Waals surface area contributed by atoms with Crippen LogP contribution in [0.15, 0.2) is 24.3 Å². The van der Waals surface area contributed by atoms with Crippen LogP contribution in [-0.2, 0) is 0 Å². The highest BCUT2D eigenvalue weighted by Gasteiger charge is 2.25. The van der Waals surface area contributed by atoms with E-state index in [2.05, 4.69) is 12.4 Å². The highest BCUT2D eigenvalue weighted by molar-refractivity contribution is 5.64. The molecular formula is C17H18N8O14. The standard InChI is InChI=1S/2C6H3N3O7.C5H12N2/c2*10-6-4(8(13)14)1-3(7(11)12)2-5(6)9(15)16;1-7-4-2-3-6-5-7/h2*1-2,10H;6H,2-5H2,1H3. The van der Waals surface area contributed by atoms with Gasteiger partial charge in [0, 0.05) is 6.42 Å². The zero-order valence-electron chi connectivity index (χ0n) is 19.6. The van der Waals surface area contributed by atoms with Crippen LogP contribution in [0.1, 0.15) is 6.42 Å². The quantitative estimate of drug-likeness (QED) is 0.298. The van der Waals surface area contributed by atoms with Crippen molar-refractivity contribution >= 4 is 34.1 Å². The molecule has 3 N–H and O–H groups in total. The molecule has 39 heavy (non-hydrogen) atoms. The third kappa shape index (κ3) is 8.76. The van der Waals surface area contributed by atoms with Crippen LogP contribution < -0.4 is 20.4 Å². The van der Waals surface area contributed by atoms with Crippen LogP contribution in [-0.4, -0.2) is 56.3 Å². The summed E-state index contributed by atoms with van der Waals surface area (Å²) in [6.07, 6.45) is 1.39. The van der Waals surface area contributed by atoms with Crippen LogP contribution in [0.5, 0.6) is 11.5 Å². The zero-order valence-corrected chi connectivity index (χ0v) is 19.6. The molecule has 1 heterocycles. The Kier molecular flexibility index (Phi) is 11.0. The fourth-order valence-corrected chi connectivity index (χ4v) is 2.92. The molecule has 0 aromatic heterocycles. The smallest absolute Gasteiger partial charge is 0.283 e. The van der Waals surface area contributed by atoms with E-state index < -0.39 is 75.2 Å². The average Bonchev–Trinajstić information content (AvgIpc) is 2.84. The van der Waals surface area contributed by atoms with Crippen molar-refractivity contribution in [2.75, 3.05) is 26.8 Å². The molecule has 3 rings (SSSR count). The lowest BCUT2D eigenvalue weighted by atomic mass is 10.2. The van der Waals surface area contributed by atoms with Gasteiger partial charge in [-0.3, -0.25) is 70.9 Å². The third-order valence-electron chi connectivity index (χ3n) is 4.78. The second kappa shape index (κ2) is 13.6. The zero-order chi connectivity index (χ0) is 30.0. The summed E-state index contributed by atoms with van der Waals surface area (Å²) >= 11 is 0. The van der Waals surface area contributed by atoms with Crippen molar-refractivity contribution in [3.05, 3.63) is 85.0 Å². The molecular weight excluding hydrogens is 540 g/mol. The lowest BCUT2D eigenvalue weighted by molar-refractivity contribution is -1.01. The largest absolute Gasteiger partial charge is 0.863 e. The van der Waals surface area contributed by atoms with Crippen molar-refractivity contribution in [1.29, 1.82) is 0 Å². The van der Waals surface area contributed by atoms with Crippen LogP contribution in [0, 0.1) is 60.7 Å². The maximum absolute atomic E-state index is 11.1. The van der Waals surface area contributed by atoms with E-state index >= 15 is 0 Å². The summed E-state index contributed by atoms with van der Waals surface area (Å²) in [7, 11) is 2.25. The fraction of sp³-hybridized carbons (Fsp3) is 0.294. The number of quaternary nitrogens is 2. The summed E-state index contributed by atoms with van der Waals surface area (Å²) in [5.41, 5.74) is -6.53. The predicted octanol–water partition coefficient (Wildman–Crippen LogP) is -1.60. The van der Waals surface area contributed by atoms with E-state index in [1.165, 1.54) is 26.2 Å². The molecule has 0 bridgehead atoms. The van der Waals surface area contributed by atoms with Crippen LogP contribution in [0.4, 0.5) is 34.1 Å². The SMILES string of the molecule is C[NH+]1CCC[NH2+]C1.O=[N+]([O-])c1cc([N+](=O)[O-])c([O-])c([N+](=O)[O-])c1.O=[N+]([O-])c1cc([N+](=O)[O-])c([O-])c([N+](=O)[O-])c1. The molecule has 1 unspecified atom stereocenters. The Bertz CT molecular complexity index is 1150. The number of hydrogen-bond donors (Lipinski definition) is 2. The van der Waals surface area contributed by atoms with Crippen LogP contribution in [0.2, 0.25) is 0 Å². The fourth-order valence-electron chi connectivity index (χ4n) is 2.92. The monoisotopic (exact) mass is 558 g/mol. The number of nitro benzene ring substituents is 6. The Balaban J connectivity index is 0.000000314. The summed E-state index contributed by atoms with van der Waals surface area (Å²) in [5.74, 6) is -2.92. The maximum atomic E-state index is 11.1. The van der Waals surface area contributed by atoms with Crippen molar-refractivity contribution in [1.82, 2.24) is 0 Å². The van der Waals surface area contributed by atoms with E-state index in [4.69, 9.17) is 0 Å². The summed E-state index contributed by atoms with van der Waals surface area (Å²) in [6, 6.07) is 1.54. The molecule has 2 aromatic rings. The van der Waals surface area contributed by atoms with E-state index in [9.17, 15) is 70.9 Å². The van der Waals surface area contributed by atoms with Gasteiger partial charge in [0.15, 0.2) is 0 Å². The third-order valence-corrected chi connectivity index (χ3v) is 4.78. The highest BCUT2D eigenvalue weighted by Crippen LogP contribution is 2.37. The number of benzene rings is 2. The van der Waals surface area contributed by atoms with Gasteiger partial charge in [-0.25, -0.2) is 0 Å². The van der Waals surface area contributed by atoms with E-state index in [1.54, 1.807) is 4.90 Å². The molecule has 2 aromatic carbocycles. The molecule has 0 saturated carbocycles. The second-order valence-electron chi connectivity index (χ2n) is 7.51. The molecule has 0 radical (unpaired) electrons. The molecule has 1 fully saturated rings. The first kappa shape index (κ1) is 31.4. The van der Waals surface area contributed by atoms with Crippen LogP contribution in [0.25, 0.3) is 0 Å². The van der Waals surface area contributed by atoms with E-state index in [-0.39, 0.29) is 0 Å². The van der Waals surface area contributed by atoms with E-state index in [0.29, 0.717) is 24.3 Å². The average molecular weight is 558 g/mol. The summed E-state index contributed by atoms with van der Waals surface area (Å²) in [4.78, 5) is 56.7. The topological polar surface area (TPSA) is 326 Å². The van der Waals surface area contributed by atoms with Crippen molar-refractivity contribution in [2.45, 2.75) is 6.42 Å². The molecule has 1 aliphatic rings. The Morgan fingerprint density at radius 1 is 0.615 bits per heavy atom. The van der Waals surface area contributed by atoms with Gasteiger partial charge in [-0.1, -0.05) is 0 Å². The maximum Gasteiger partial charge on any atom is 0.283 e. The van der Waals surface area contributed by atoms with Gasteiger partial charge in [0.05, 0.1) is 85.4 Å². The number of non-ortho nitro benzene ring substituents is 2. The molecule has 210 valence electrons. The van der Waals surface area contributed by atoms with Gasteiger partial charge in [0.25, 0.3) is 34.1 Å². The molecule has 1 saturated heterocycles. The highest BCUT2D eigenvalue weighted by atomic mass is 16.7. The van der Waals surface area contributed by atoms with Gasteiger partial charge in [-0.2, -0.15) is 0 Å². The summed E-state index contributed by atoms with van der Waals surface area (Å²) in [5, 5.41) is 86.6. The first-order chi connectivity index (χ1) is 18.1. The van der Waals surface area contributed by atoms with E-state index in [1.807, 2.05) is 0 Å². The minimum atomic E-state index is -1.46. The second-order valence-corrected chi connectivity index (χ2v) is 7.51. The van der Waals surface area contributed by atoms with Gasteiger partial charge >= 0.3 is 0 Å².